The molecular weight excluding hydrogens is 460 g/mol. The summed E-state index contributed by atoms with van der Waals surface area (Å²) >= 11 is 0. The maximum atomic E-state index is 13.7. The number of H-pyrrole nitrogens is 1. The molecule has 0 aliphatic carbocycles. The number of nitrogens with one attached hydrogen (secondary N) is 1. The van der Waals surface area contributed by atoms with Gasteiger partial charge in [-0.05, 0) is 74.0 Å². The van der Waals surface area contributed by atoms with Crippen LogP contribution in [-0.4, -0.2) is 30.0 Å². The van der Waals surface area contributed by atoms with Crippen LogP contribution in [0.25, 0.3) is 10.9 Å². The normalized spacial score (nSPS) is 11.8. The molecule has 1 heterocycles. The van der Waals surface area contributed by atoms with E-state index in [-0.39, 0.29) is 29.3 Å². The van der Waals surface area contributed by atoms with Crippen LogP contribution >= 0.6 is 0 Å². The fourth-order valence-electron chi connectivity index (χ4n) is 4.11. The number of hydrogen-bond acceptors (Lipinski definition) is 4. The number of carbonyl (C=O) groups is 1. The molecule has 0 saturated carbocycles. The van der Waals surface area contributed by atoms with E-state index in [1.807, 2.05) is 56.3 Å². The molecule has 4 aromatic rings. The second-order valence-electron chi connectivity index (χ2n) is 8.81. The third-order valence-electron chi connectivity index (χ3n) is 6.21. The van der Waals surface area contributed by atoms with E-state index < -0.39 is 10.0 Å². The number of Topliss-reactive ketones (excluding diaryl/α,β-unsaturated/α-hetero) is 1. The molecule has 0 aliphatic rings. The van der Waals surface area contributed by atoms with Gasteiger partial charge in [0.15, 0.2) is 5.78 Å². The van der Waals surface area contributed by atoms with Crippen LogP contribution in [0.3, 0.4) is 0 Å². The van der Waals surface area contributed by atoms with Crippen molar-refractivity contribution in [2.24, 2.45) is 0 Å². The van der Waals surface area contributed by atoms with Crippen molar-refractivity contribution >= 4 is 26.7 Å². The first kappa shape index (κ1) is 24.6. The Bertz CT molecular complexity index is 1550. The Hall–Kier alpha value is -3.55. The minimum absolute atomic E-state index is 0.0676. The molecule has 6 nitrogen and oxygen atoms in total. The highest BCUT2D eigenvalue weighted by atomic mass is 32.2. The number of pyridine rings is 1. The van der Waals surface area contributed by atoms with Crippen molar-refractivity contribution in [2.45, 2.75) is 38.6 Å². The molecule has 0 atom stereocenters. The molecule has 0 aliphatic heterocycles. The average molecular weight is 489 g/mol. The van der Waals surface area contributed by atoms with Gasteiger partial charge in [-0.25, -0.2) is 8.42 Å². The summed E-state index contributed by atoms with van der Waals surface area (Å²) < 4.78 is 28.7. The summed E-state index contributed by atoms with van der Waals surface area (Å²) in [6, 6.07) is 21.2. The molecule has 1 aromatic heterocycles. The third-order valence-corrected chi connectivity index (χ3v) is 8.07. The largest absolute Gasteiger partial charge is 0.322 e. The van der Waals surface area contributed by atoms with Crippen LogP contribution in [0, 0.1) is 13.8 Å². The molecule has 0 unspecified atom stereocenters. The molecule has 180 valence electrons. The van der Waals surface area contributed by atoms with Crippen LogP contribution in [0.4, 0.5) is 0 Å². The summed E-state index contributed by atoms with van der Waals surface area (Å²) in [5.74, 6) is -0.136. The smallest absolute Gasteiger partial charge is 0.252 e. The second-order valence-corrected chi connectivity index (χ2v) is 10.7. The molecule has 0 fully saturated rings. The zero-order valence-corrected chi connectivity index (χ0v) is 20.9. The van der Waals surface area contributed by atoms with E-state index >= 15 is 0 Å². The van der Waals surface area contributed by atoms with Crippen LogP contribution < -0.4 is 5.56 Å². The lowest BCUT2D eigenvalue weighted by Gasteiger charge is -2.23. The topological polar surface area (TPSA) is 87.3 Å². The second kappa shape index (κ2) is 9.98. The zero-order chi connectivity index (χ0) is 25.2. The lowest BCUT2D eigenvalue weighted by Crippen LogP contribution is -2.34. The van der Waals surface area contributed by atoms with Crippen LogP contribution in [-0.2, 0) is 23.0 Å². The minimum atomic E-state index is -3.93. The standard InChI is InChI=1S/C28H28N2O4S/c1-19-8-13-27-24(16-19)17-25(28(32)29-27)18-30(15-14-22-7-5-4-6-20(22)2)35(33,34)26-11-9-23(10-12-26)21(3)31/h4-13,16-17H,14-15,18H2,1-3H3,(H,29,32). The van der Waals surface area contributed by atoms with E-state index in [1.54, 1.807) is 6.07 Å². The minimum Gasteiger partial charge on any atom is -0.322 e. The number of hydrogen-bond donors (Lipinski definition) is 1. The van der Waals surface area contributed by atoms with Gasteiger partial charge in [0.25, 0.3) is 5.56 Å². The highest BCUT2D eigenvalue weighted by Crippen LogP contribution is 2.21. The molecule has 0 saturated heterocycles. The van der Waals surface area contributed by atoms with Gasteiger partial charge in [-0.3, -0.25) is 9.59 Å². The Labute approximate surface area is 205 Å². The predicted molar refractivity (Wildman–Crippen MR) is 138 cm³/mol. The number of fused-ring (bicyclic) bond motifs is 1. The molecule has 0 spiro atoms. The summed E-state index contributed by atoms with van der Waals surface area (Å²) in [4.78, 5) is 27.4. The lowest BCUT2D eigenvalue weighted by atomic mass is 10.1. The first-order valence-electron chi connectivity index (χ1n) is 11.4. The number of benzene rings is 3. The number of sulfonamides is 1. The summed E-state index contributed by atoms with van der Waals surface area (Å²) in [5.41, 5.74) is 4.37. The van der Waals surface area contributed by atoms with E-state index in [0.29, 0.717) is 23.1 Å². The number of aromatic amines is 1. The van der Waals surface area contributed by atoms with Crippen LogP contribution in [0.15, 0.2) is 82.5 Å². The monoisotopic (exact) mass is 488 g/mol. The molecule has 0 amide bonds. The van der Waals surface area contributed by atoms with Gasteiger partial charge in [0.05, 0.1) is 4.90 Å². The van der Waals surface area contributed by atoms with Gasteiger partial charge in [-0.15, -0.1) is 0 Å². The van der Waals surface area contributed by atoms with Crippen LogP contribution in [0.2, 0.25) is 0 Å². The predicted octanol–water partition coefficient (Wildman–Crippen LogP) is 4.78. The zero-order valence-electron chi connectivity index (χ0n) is 20.0. The maximum absolute atomic E-state index is 13.7. The summed E-state index contributed by atoms with van der Waals surface area (Å²) in [7, 11) is -3.93. The summed E-state index contributed by atoms with van der Waals surface area (Å²) in [5, 5.41) is 0.849. The van der Waals surface area contributed by atoms with Crippen molar-refractivity contribution in [2.75, 3.05) is 6.54 Å². The molecular formula is C28H28N2O4S. The van der Waals surface area contributed by atoms with Gasteiger partial charge in [0.1, 0.15) is 0 Å². The molecule has 35 heavy (non-hydrogen) atoms. The Balaban J connectivity index is 1.73. The molecule has 0 bridgehead atoms. The van der Waals surface area contributed by atoms with E-state index in [9.17, 15) is 18.0 Å². The van der Waals surface area contributed by atoms with Gasteiger partial charge in [0, 0.05) is 29.7 Å². The number of rotatable bonds is 8. The number of carbonyl (C=O) groups excluding carboxylic acids is 1. The Morgan fingerprint density at radius 3 is 2.31 bits per heavy atom. The number of aromatic nitrogens is 1. The number of ketones is 1. The van der Waals surface area contributed by atoms with Crippen LogP contribution in [0.1, 0.15) is 39.5 Å². The molecule has 4 rings (SSSR count). The SMILES string of the molecule is CC(=O)c1ccc(S(=O)(=O)N(CCc2ccccc2C)Cc2cc3cc(C)ccc3[nH]c2=O)cc1. The fraction of sp³-hybridized carbons (Fsp3) is 0.214. The third kappa shape index (κ3) is 5.42. The maximum Gasteiger partial charge on any atom is 0.252 e. The quantitative estimate of drug-likeness (QED) is 0.362. The van der Waals surface area contributed by atoms with Gasteiger partial charge < -0.3 is 4.98 Å². The molecule has 0 radical (unpaired) electrons. The van der Waals surface area contributed by atoms with Crippen molar-refractivity contribution in [3.8, 4) is 0 Å². The highest BCUT2D eigenvalue weighted by molar-refractivity contribution is 7.89. The van der Waals surface area contributed by atoms with Crippen molar-refractivity contribution in [3.05, 3.63) is 111 Å². The van der Waals surface area contributed by atoms with E-state index in [2.05, 4.69) is 4.98 Å². The number of aryl methyl sites for hydroxylation is 2. The van der Waals surface area contributed by atoms with E-state index in [1.165, 1.54) is 35.5 Å². The van der Waals surface area contributed by atoms with Gasteiger partial charge >= 0.3 is 0 Å². The van der Waals surface area contributed by atoms with Gasteiger partial charge in [0.2, 0.25) is 10.0 Å². The van der Waals surface area contributed by atoms with Gasteiger partial charge in [-0.2, -0.15) is 4.31 Å². The van der Waals surface area contributed by atoms with Gasteiger partial charge in [-0.1, -0.05) is 48.0 Å². The van der Waals surface area contributed by atoms with Crippen molar-refractivity contribution in [1.29, 1.82) is 0 Å². The fourth-order valence-corrected chi connectivity index (χ4v) is 5.53. The van der Waals surface area contributed by atoms with Crippen LogP contribution in [0.5, 0.6) is 0 Å². The molecule has 1 N–H and O–H groups in total. The average Bonchev–Trinajstić information content (AvgIpc) is 2.83. The first-order chi connectivity index (χ1) is 16.6. The molecule has 7 heteroatoms. The Morgan fingerprint density at radius 2 is 1.63 bits per heavy atom. The van der Waals surface area contributed by atoms with E-state index in [4.69, 9.17) is 0 Å². The number of nitrogens with zero attached hydrogens (tertiary/aromatic N) is 1. The Kier molecular flexibility index (Phi) is 7.00. The van der Waals surface area contributed by atoms with Crippen molar-refractivity contribution in [1.82, 2.24) is 9.29 Å². The lowest BCUT2D eigenvalue weighted by molar-refractivity contribution is 0.101. The van der Waals surface area contributed by atoms with E-state index in [0.717, 1.165) is 22.1 Å². The summed E-state index contributed by atoms with van der Waals surface area (Å²) in [6.45, 7) is 5.53. The van der Waals surface area contributed by atoms with Crippen molar-refractivity contribution < 1.29 is 13.2 Å². The van der Waals surface area contributed by atoms with Crippen molar-refractivity contribution in [3.63, 3.8) is 0 Å². The highest BCUT2D eigenvalue weighted by Gasteiger charge is 2.26. The Morgan fingerprint density at radius 1 is 0.914 bits per heavy atom. The molecule has 3 aromatic carbocycles. The first-order valence-corrected chi connectivity index (χ1v) is 12.9. The summed E-state index contributed by atoms with van der Waals surface area (Å²) in [6.07, 6.45) is 0.502.